The Kier molecular flexibility index (Phi) is 4.34. The number of hydrogen-bond donors (Lipinski definition) is 0. The van der Waals surface area contributed by atoms with Gasteiger partial charge in [-0.1, -0.05) is 13.8 Å². The maximum Gasteiger partial charge on any atom is 0.225 e. The summed E-state index contributed by atoms with van der Waals surface area (Å²) < 4.78 is 12.0. The average Bonchev–Trinajstić information content (AvgIpc) is 2.91. The van der Waals surface area contributed by atoms with Gasteiger partial charge in [-0.2, -0.15) is 0 Å². The van der Waals surface area contributed by atoms with Crippen LogP contribution in [0.1, 0.15) is 33.1 Å². The zero-order valence-corrected chi connectivity index (χ0v) is 13.3. The van der Waals surface area contributed by atoms with Gasteiger partial charge < -0.3 is 14.4 Å². The number of rotatable bonds is 3. The van der Waals surface area contributed by atoms with Crippen molar-refractivity contribution in [2.24, 2.45) is 5.92 Å². The molecule has 0 aromatic carbocycles. The van der Waals surface area contributed by atoms with E-state index in [4.69, 9.17) is 9.47 Å². The number of piperidine rings is 1. The molecule has 0 bridgehead atoms. The molecule has 1 amide bonds. The highest BCUT2D eigenvalue weighted by atomic mass is 16.6. The molecule has 1 aromatic heterocycles. The first kappa shape index (κ1) is 15.3. The van der Waals surface area contributed by atoms with Gasteiger partial charge in [0, 0.05) is 31.6 Å². The molecular formula is C17H24N2O3. The van der Waals surface area contributed by atoms with E-state index < -0.39 is 0 Å². The van der Waals surface area contributed by atoms with Crippen molar-refractivity contribution in [3.05, 3.63) is 24.5 Å². The van der Waals surface area contributed by atoms with Crippen LogP contribution in [-0.2, 0) is 9.53 Å². The molecular weight excluding hydrogens is 280 g/mol. The molecule has 2 fully saturated rings. The third-order valence-electron chi connectivity index (χ3n) is 4.59. The first-order valence-electron chi connectivity index (χ1n) is 8.07. The van der Waals surface area contributed by atoms with Gasteiger partial charge in [0.25, 0.3) is 0 Å². The zero-order chi connectivity index (χ0) is 15.6. The van der Waals surface area contributed by atoms with E-state index in [0.29, 0.717) is 6.61 Å². The Hall–Kier alpha value is -1.62. The molecule has 1 spiro atoms. The molecule has 0 radical (unpaired) electrons. The van der Waals surface area contributed by atoms with Crippen molar-refractivity contribution in [2.75, 3.05) is 19.7 Å². The molecule has 1 aromatic rings. The second-order valence-electron chi connectivity index (χ2n) is 6.61. The van der Waals surface area contributed by atoms with E-state index in [9.17, 15) is 4.79 Å². The number of nitrogens with zero attached hydrogens (tertiary/aromatic N) is 2. The smallest absolute Gasteiger partial charge is 0.225 e. The molecule has 0 saturated carbocycles. The first-order valence-corrected chi connectivity index (χ1v) is 8.07. The van der Waals surface area contributed by atoms with Gasteiger partial charge in [-0.15, -0.1) is 0 Å². The maximum absolute atomic E-state index is 12.1. The van der Waals surface area contributed by atoms with Gasteiger partial charge in [-0.05, 0) is 25.0 Å². The highest BCUT2D eigenvalue weighted by molar-refractivity contribution is 5.78. The van der Waals surface area contributed by atoms with Gasteiger partial charge in [-0.3, -0.25) is 9.78 Å². The van der Waals surface area contributed by atoms with Crippen LogP contribution in [0.25, 0.3) is 0 Å². The number of hydrogen-bond acceptors (Lipinski definition) is 4. The summed E-state index contributed by atoms with van der Waals surface area (Å²) in [7, 11) is 0. The third kappa shape index (κ3) is 3.24. The van der Waals surface area contributed by atoms with E-state index >= 15 is 0 Å². The Balaban J connectivity index is 1.53. The van der Waals surface area contributed by atoms with E-state index in [1.165, 1.54) is 0 Å². The average molecular weight is 304 g/mol. The molecule has 0 aliphatic carbocycles. The monoisotopic (exact) mass is 304 g/mol. The van der Waals surface area contributed by atoms with Crippen molar-refractivity contribution >= 4 is 5.91 Å². The summed E-state index contributed by atoms with van der Waals surface area (Å²) >= 11 is 0. The number of pyridine rings is 1. The summed E-state index contributed by atoms with van der Waals surface area (Å²) in [6.45, 7) is 6.10. The van der Waals surface area contributed by atoms with Crippen LogP contribution in [0, 0.1) is 5.92 Å². The summed E-state index contributed by atoms with van der Waals surface area (Å²) in [5.41, 5.74) is -0.110. The summed E-state index contributed by atoms with van der Waals surface area (Å²) in [5.74, 6) is 1.11. The summed E-state index contributed by atoms with van der Waals surface area (Å²) in [6, 6.07) is 3.79. The first-order chi connectivity index (χ1) is 10.6. The highest BCUT2D eigenvalue weighted by Gasteiger charge is 2.44. The molecule has 1 atom stereocenters. The Bertz CT molecular complexity index is 510. The van der Waals surface area contributed by atoms with E-state index in [1.807, 2.05) is 30.9 Å². The fourth-order valence-corrected chi connectivity index (χ4v) is 3.34. The van der Waals surface area contributed by atoms with Crippen LogP contribution in [0.5, 0.6) is 5.75 Å². The minimum atomic E-state index is -0.110. The molecule has 5 heteroatoms. The fourth-order valence-electron chi connectivity index (χ4n) is 3.34. The lowest BCUT2D eigenvalue weighted by molar-refractivity contribution is -0.139. The Morgan fingerprint density at radius 3 is 2.86 bits per heavy atom. The van der Waals surface area contributed by atoms with Crippen LogP contribution < -0.4 is 4.74 Å². The van der Waals surface area contributed by atoms with E-state index in [1.54, 1.807) is 12.4 Å². The summed E-state index contributed by atoms with van der Waals surface area (Å²) in [5, 5.41) is 0. The van der Waals surface area contributed by atoms with Crippen LogP contribution in [0.15, 0.2) is 24.5 Å². The van der Waals surface area contributed by atoms with Crippen molar-refractivity contribution in [3.63, 3.8) is 0 Å². The number of carbonyl (C=O) groups is 1. The van der Waals surface area contributed by atoms with Gasteiger partial charge >= 0.3 is 0 Å². The van der Waals surface area contributed by atoms with E-state index in [-0.39, 0.29) is 23.5 Å². The standard InChI is InChI=1S/C17H24N2O3/c1-13(2)16(20)19-8-5-17(6-9-19)10-15(12-21-17)22-14-4-3-7-18-11-14/h3-4,7,11,13,15H,5-6,8-10,12H2,1-2H3. The maximum atomic E-state index is 12.1. The number of likely N-dealkylation sites (tertiary alicyclic amines) is 1. The quantitative estimate of drug-likeness (QED) is 0.859. The molecule has 2 aliphatic heterocycles. The lowest BCUT2D eigenvalue weighted by Gasteiger charge is -2.39. The SMILES string of the molecule is CC(C)C(=O)N1CCC2(CC1)CC(Oc1cccnc1)CO2. The minimum Gasteiger partial charge on any atom is -0.486 e. The Morgan fingerprint density at radius 2 is 2.23 bits per heavy atom. The molecule has 1 unspecified atom stereocenters. The van der Waals surface area contributed by atoms with Crippen molar-refractivity contribution in [2.45, 2.75) is 44.8 Å². The molecule has 3 heterocycles. The van der Waals surface area contributed by atoms with Crippen LogP contribution in [0.2, 0.25) is 0 Å². The van der Waals surface area contributed by atoms with Crippen molar-refractivity contribution < 1.29 is 14.3 Å². The number of amides is 1. The van der Waals surface area contributed by atoms with Crippen molar-refractivity contribution in [3.8, 4) is 5.75 Å². The predicted molar refractivity (Wildman–Crippen MR) is 82.6 cm³/mol. The Labute approximate surface area is 131 Å². The highest BCUT2D eigenvalue weighted by Crippen LogP contribution is 2.37. The lowest BCUT2D eigenvalue weighted by Crippen LogP contribution is -2.47. The van der Waals surface area contributed by atoms with Crippen molar-refractivity contribution in [1.29, 1.82) is 0 Å². The number of carbonyl (C=O) groups excluding carboxylic acids is 1. The molecule has 0 N–H and O–H groups in total. The molecule has 2 saturated heterocycles. The van der Waals surface area contributed by atoms with Gasteiger partial charge in [-0.25, -0.2) is 0 Å². The molecule has 120 valence electrons. The van der Waals surface area contributed by atoms with Crippen molar-refractivity contribution in [1.82, 2.24) is 9.88 Å². The molecule has 22 heavy (non-hydrogen) atoms. The van der Waals surface area contributed by atoms with E-state index in [0.717, 1.165) is 38.1 Å². The predicted octanol–water partition coefficient (Wildman–Crippen LogP) is 2.27. The van der Waals surface area contributed by atoms with Gasteiger partial charge in [0.2, 0.25) is 5.91 Å². The minimum absolute atomic E-state index is 0.0696. The number of ether oxygens (including phenoxy) is 2. The van der Waals surface area contributed by atoms with Crippen LogP contribution >= 0.6 is 0 Å². The van der Waals surface area contributed by atoms with Crippen LogP contribution in [0.3, 0.4) is 0 Å². The molecule has 3 rings (SSSR count). The third-order valence-corrected chi connectivity index (χ3v) is 4.59. The number of aromatic nitrogens is 1. The zero-order valence-electron chi connectivity index (χ0n) is 13.3. The molecule has 5 nitrogen and oxygen atoms in total. The normalized spacial score (nSPS) is 24.0. The Morgan fingerprint density at radius 1 is 1.45 bits per heavy atom. The lowest BCUT2D eigenvalue weighted by atomic mass is 9.87. The largest absolute Gasteiger partial charge is 0.486 e. The van der Waals surface area contributed by atoms with E-state index in [2.05, 4.69) is 4.98 Å². The van der Waals surface area contributed by atoms with Gasteiger partial charge in [0.15, 0.2) is 0 Å². The van der Waals surface area contributed by atoms with Gasteiger partial charge in [0.1, 0.15) is 11.9 Å². The summed E-state index contributed by atoms with van der Waals surface area (Å²) in [4.78, 5) is 18.1. The topological polar surface area (TPSA) is 51.7 Å². The van der Waals surface area contributed by atoms with Gasteiger partial charge in [0.05, 0.1) is 18.4 Å². The second kappa shape index (κ2) is 6.24. The molecule has 2 aliphatic rings. The second-order valence-corrected chi connectivity index (χ2v) is 6.61. The van der Waals surface area contributed by atoms with Crippen LogP contribution in [0.4, 0.5) is 0 Å². The summed E-state index contributed by atoms with van der Waals surface area (Å²) in [6.07, 6.45) is 6.25. The fraction of sp³-hybridized carbons (Fsp3) is 0.647. The van der Waals surface area contributed by atoms with Crippen LogP contribution in [-0.4, -0.2) is 47.2 Å².